The molecule has 0 unspecified atom stereocenters. The highest BCUT2D eigenvalue weighted by Crippen LogP contribution is 2.46. The van der Waals surface area contributed by atoms with Crippen molar-refractivity contribution in [1.82, 2.24) is 10.2 Å². The van der Waals surface area contributed by atoms with Gasteiger partial charge in [-0.3, -0.25) is 4.90 Å². The van der Waals surface area contributed by atoms with Gasteiger partial charge in [-0.25, -0.2) is 0 Å². The van der Waals surface area contributed by atoms with Crippen LogP contribution in [0.4, 0.5) is 0 Å². The van der Waals surface area contributed by atoms with Gasteiger partial charge < -0.3 is 15.2 Å². The quantitative estimate of drug-likeness (QED) is 0.875. The Labute approximate surface area is 127 Å². The third-order valence-corrected chi connectivity index (χ3v) is 4.79. The van der Waals surface area contributed by atoms with Gasteiger partial charge in [-0.1, -0.05) is 18.6 Å². The molecular weight excluding hydrogens is 264 g/mol. The number of nitrogens with one attached hydrogen (secondary N) is 1. The van der Waals surface area contributed by atoms with Gasteiger partial charge in [-0.15, -0.1) is 0 Å². The van der Waals surface area contributed by atoms with Crippen LogP contribution in [0, 0.1) is 5.92 Å². The number of para-hydroxylation sites is 1. The van der Waals surface area contributed by atoms with Crippen LogP contribution < -0.4 is 10.1 Å². The molecule has 4 heteroatoms. The summed E-state index contributed by atoms with van der Waals surface area (Å²) >= 11 is 0. The summed E-state index contributed by atoms with van der Waals surface area (Å²) in [5.41, 5.74) is 1.05. The fourth-order valence-corrected chi connectivity index (χ4v) is 3.51. The summed E-state index contributed by atoms with van der Waals surface area (Å²) < 4.78 is 5.57. The normalized spacial score (nSPS) is 21.8. The van der Waals surface area contributed by atoms with Crippen molar-refractivity contribution >= 4 is 0 Å². The van der Waals surface area contributed by atoms with Crippen LogP contribution in [0.1, 0.15) is 37.8 Å². The Hall–Kier alpha value is -1.26. The lowest BCUT2D eigenvalue weighted by Crippen LogP contribution is -2.47. The highest BCUT2D eigenvalue weighted by atomic mass is 16.5. The minimum absolute atomic E-state index is 0.334. The maximum atomic E-state index is 10.6. The molecule has 1 aliphatic heterocycles. The standard InChI is InChI=1S/C17H26N2O2/c1-2-21-15-8-4-7-14(17(15)20)16(13-5-3-6-13)19-11-9-18-10-12-19/h4,7-8,13,16,18,20H,2-3,5-6,9-12H2,1H3/t16-/m1/s1. The van der Waals surface area contributed by atoms with E-state index in [0.717, 1.165) is 31.7 Å². The van der Waals surface area contributed by atoms with Crippen LogP contribution in [0.15, 0.2) is 18.2 Å². The molecule has 2 N–H and O–H groups in total. The van der Waals surface area contributed by atoms with Gasteiger partial charge in [-0.05, 0) is 31.7 Å². The first kappa shape index (κ1) is 14.7. The number of phenolic OH excluding ortho intramolecular Hbond substituents is 1. The van der Waals surface area contributed by atoms with Crippen LogP contribution >= 0.6 is 0 Å². The summed E-state index contributed by atoms with van der Waals surface area (Å²) in [4.78, 5) is 2.53. The molecule has 1 saturated carbocycles. The summed E-state index contributed by atoms with van der Waals surface area (Å²) in [5.74, 6) is 1.63. The fourth-order valence-electron chi connectivity index (χ4n) is 3.51. The van der Waals surface area contributed by atoms with Crippen LogP contribution in [-0.4, -0.2) is 42.8 Å². The Morgan fingerprint density at radius 2 is 2.10 bits per heavy atom. The first-order valence-corrected chi connectivity index (χ1v) is 8.20. The van der Waals surface area contributed by atoms with E-state index in [4.69, 9.17) is 4.74 Å². The van der Waals surface area contributed by atoms with Crippen LogP contribution in [0.25, 0.3) is 0 Å². The molecule has 0 aromatic heterocycles. The summed E-state index contributed by atoms with van der Waals surface area (Å²) in [6, 6.07) is 6.27. The van der Waals surface area contributed by atoms with E-state index in [0.29, 0.717) is 30.1 Å². The van der Waals surface area contributed by atoms with Crippen molar-refractivity contribution in [2.45, 2.75) is 32.2 Å². The molecule has 3 rings (SSSR count). The predicted octanol–water partition coefficient (Wildman–Crippen LogP) is 2.54. The van der Waals surface area contributed by atoms with Gasteiger partial charge in [0, 0.05) is 37.8 Å². The lowest BCUT2D eigenvalue weighted by atomic mass is 9.76. The number of aromatic hydroxyl groups is 1. The maximum absolute atomic E-state index is 10.6. The van der Waals surface area contributed by atoms with Gasteiger partial charge in [0.1, 0.15) is 0 Å². The number of hydrogen-bond donors (Lipinski definition) is 2. The molecule has 0 radical (unpaired) electrons. The second kappa shape index (κ2) is 6.67. The number of nitrogens with zero attached hydrogens (tertiary/aromatic N) is 1. The highest BCUT2D eigenvalue weighted by Gasteiger charge is 2.35. The number of phenols is 1. The lowest BCUT2D eigenvalue weighted by Gasteiger charge is -2.43. The van der Waals surface area contributed by atoms with Gasteiger partial charge in [0.05, 0.1) is 6.61 Å². The maximum Gasteiger partial charge on any atom is 0.162 e. The van der Waals surface area contributed by atoms with E-state index in [1.165, 1.54) is 19.3 Å². The van der Waals surface area contributed by atoms with Gasteiger partial charge in [-0.2, -0.15) is 0 Å². The smallest absolute Gasteiger partial charge is 0.162 e. The van der Waals surface area contributed by atoms with Crippen molar-refractivity contribution in [3.8, 4) is 11.5 Å². The molecule has 0 amide bonds. The lowest BCUT2D eigenvalue weighted by molar-refractivity contribution is 0.0816. The average molecular weight is 290 g/mol. The van der Waals surface area contributed by atoms with E-state index in [-0.39, 0.29) is 0 Å². The molecule has 1 aromatic rings. The van der Waals surface area contributed by atoms with Crippen molar-refractivity contribution in [2.75, 3.05) is 32.8 Å². The summed E-state index contributed by atoms with van der Waals surface area (Å²) in [6.45, 7) is 6.72. The largest absolute Gasteiger partial charge is 0.504 e. The molecule has 0 spiro atoms. The first-order chi connectivity index (χ1) is 10.3. The molecule has 4 nitrogen and oxygen atoms in total. The van der Waals surface area contributed by atoms with E-state index < -0.39 is 0 Å². The Bertz CT molecular complexity index is 468. The minimum Gasteiger partial charge on any atom is -0.504 e. The predicted molar refractivity (Wildman–Crippen MR) is 83.8 cm³/mol. The van der Waals surface area contributed by atoms with Crippen molar-refractivity contribution in [3.05, 3.63) is 23.8 Å². The van der Waals surface area contributed by atoms with Gasteiger partial charge >= 0.3 is 0 Å². The van der Waals surface area contributed by atoms with E-state index in [9.17, 15) is 5.11 Å². The van der Waals surface area contributed by atoms with Crippen LogP contribution in [0.5, 0.6) is 11.5 Å². The monoisotopic (exact) mass is 290 g/mol. The zero-order valence-electron chi connectivity index (χ0n) is 12.8. The highest BCUT2D eigenvalue weighted by molar-refractivity contribution is 5.47. The first-order valence-electron chi connectivity index (χ1n) is 8.20. The molecule has 1 atom stereocenters. The molecule has 1 aliphatic carbocycles. The number of ether oxygens (including phenoxy) is 1. The van der Waals surface area contributed by atoms with Gasteiger partial charge in [0.2, 0.25) is 0 Å². The molecule has 2 aliphatic rings. The number of rotatable bonds is 5. The molecule has 116 valence electrons. The topological polar surface area (TPSA) is 44.7 Å². The van der Waals surface area contributed by atoms with Crippen LogP contribution in [0.2, 0.25) is 0 Å². The minimum atomic E-state index is 0.334. The number of benzene rings is 1. The number of hydrogen-bond acceptors (Lipinski definition) is 4. The summed E-state index contributed by atoms with van der Waals surface area (Å²) in [5, 5.41) is 14.0. The van der Waals surface area contributed by atoms with Crippen molar-refractivity contribution < 1.29 is 9.84 Å². The fraction of sp³-hybridized carbons (Fsp3) is 0.647. The summed E-state index contributed by atoms with van der Waals surface area (Å²) in [7, 11) is 0. The van der Waals surface area contributed by atoms with Crippen molar-refractivity contribution in [2.24, 2.45) is 5.92 Å². The molecule has 1 aromatic carbocycles. The van der Waals surface area contributed by atoms with Gasteiger partial charge in [0.25, 0.3) is 0 Å². The van der Waals surface area contributed by atoms with Crippen molar-refractivity contribution in [3.63, 3.8) is 0 Å². The molecule has 1 saturated heterocycles. The van der Waals surface area contributed by atoms with E-state index in [1.54, 1.807) is 0 Å². The van der Waals surface area contributed by atoms with Crippen LogP contribution in [-0.2, 0) is 0 Å². The van der Waals surface area contributed by atoms with E-state index in [1.807, 2.05) is 19.1 Å². The van der Waals surface area contributed by atoms with Crippen LogP contribution in [0.3, 0.4) is 0 Å². The van der Waals surface area contributed by atoms with Gasteiger partial charge in [0.15, 0.2) is 11.5 Å². The van der Waals surface area contributed by atoms with E-state index >= 15 is 0 Å². The average Bonchev–Trinajstić information content (AvgIpc) is 2.46. The Morgan fingerprint density at radius 3 is 2.71 bits per heavy atom. The molecule has 0 bridgehead atoms. The third kappa shape index (κ3) is 3.01. The van der Waals surface area contributed by atoms with Crippen molar-refractivity contribution in [1.29, 1.82) is 0 Å². The van der Waals surface area contributed by atoms with E-state index in [2.05, 4.69) is 16.3 Å². The Balaban J connectivity index is 1.90. The molecular formula is C17H26N2O2. The zero-order chi connectivity index (χ0) is 14.7. The Kier molecular flexibility index (Phi) is 4.66. The zero-order valence-corrected chi connectivity index (χ0v) is 12.8. The molecule has 2 fully saturated rings. The SMILES string of the molecule is CCOc1cccc([C@@H](C2CCC2)N2CCNCC2)c1O. The molecule has 21 heavy (non-hydrogen) atoms. The summed E-state index contributed by atoms with van der Waals surface area (Å²) in [6.07, 6.45) is 3.86. The third-order valence-electron chi connectivity index (χ3n) is 4.79. The second-order valence-electron chi connectivity index (χ2n) is 6.05. The second-order valence-corrected chi connectivity index (χ2v) is 6.05. The molecule has 1 heterocycles. The Morgan fingerprint density at radius 1 is 1.33 bits per heavy atom. The number of piperazine rings is 1.